The van der Waals surface area contributed by atoms with Crippen molar-refractivity contribution in [2.75, 3.05) is 6.61 Å². The molecule has 0 N–H and O–H groups in total. The molecule has 0 radical (unpaired) electrons. The first-order valence-electron chi connectivity index (χ1n) is 10.9. The highest BCUT2D eigenvalue weighted by atomic mass is 16.5. The average Bonchev–Trinajstić information content (AvgIpc) is 2.80. The Morgan fingerprint density at radius 3 is 2.39 bits per heavy atom. The summed E-state index contributed by atoms with van der Waals surface area (Å²) >= 11 is 0. The molecule has 3 aliphatic rings. The second kappa shape index (κ2) is 7.91. The van der Waals surface area contributed by atoms with E-state index in [4.69, 9.17) is 4.74 Å². The number of ketones is 2. The van der Waals surface area contributed by atoms with Crippen LogP contribution in [0.5, 0.6) is 5.75 Å². The van der Waals surface area contributed by atoms with E-state index in [1.165, 1.54) is 6.08 Å². The Hall–Kier alpha value is -3.88. The lowest BCUT2D eigenvalue weighted by Gasteiger charge is -2.56. The van der Waals surface area contributed by atoms with Crippen LogP contribution in [0.25, 0.3) is 0 Å². The quantitative estimate of drug-likeness (QED) is 0.637. The summed E-state index contributed by atoms with van der Waals surface area (Å²) in [6.07, 6.45) is 6.13. The maximum absolute atomic E-state index is 12.9. The number of carbonyl (C=O) groups excluding carboxylic acids is 2. The van der Waals surface area contributed by atoms with Crippen molar-refractivity contribution in [3.8, 4) is 29.7 Å². The number of rotatable bonds is 2. The van der Waals surface area contributed by atoms with E-state index in [1.807, 2.05) is 57.2 Å². The van der Waals surface area contributed by atoms with Crippen LogP contribution in [0.3, 0.4) is 0 Å². The highest BCUT2D eigenvalue weighted by molar-refractivity contribution is 6.09. The lowest BCUT2D eigenvalue weighted by atomic mass is 9.45. The molecule has 0 unspecified atom stereocenters. The first kappa shape index (κ1) is 22.3. The van der Waals surface area contributed by atoms with Crippen LogP contribution in [0.15, 0.2) is 65.3 Å². The van der Waals surface area contributed by atoms with Crippen molar-refractivity contribution in [2.45, 2.75) is 33.6 Å². The Kier molecular flexibility index (Phi) is 5.35. The van der Waals surface area contributed by atoms with Gasteiger partial charge in [0.1, 0.15) is 24.5 Å². The number of hydrogen-bond donors (Lipinski definition) is 0. The molecule has 3 atom stereocenters. The zero-order valence-corrected chi connectivity index (χ0v) is 18.9. The van der Waals surface area contributed by atoms with Gasteiger partial charge in [0, 0.05) is 10.8 Å². The van der Waals surface area contributed by atoms with Gasteiger partial charge in [-0.05, 0) is 48.6 Å². The van der Waals surface area contributed by atoms with Gasteiger partial charge in [-0.1, -0.05) is 56.9 Å². The van der Waals surface area contributed by atoms with Crippen molar-refractivity contribution in [3.05, 3.63) is 65.3 Å². The van der Waals surface area contributed by atoms with E-state index in [2.05, 4.69) is 17.9 Å². The summed E-state index contributed by atoms with van der Waals surface area (Å²) in [4.78, 5) is 25.7. The fourth-order valence-corrected chi connectivity index (χ4v) is 5.76. The standard InChI is InChI=1S/C28H24N2O3/c1-26(2)23-10-12-28(11-7-13-33-21-8-5-4-6-9-21)16-19(17-29)22(31)14-24(28)27(23,3)15-20(18-30)25(26)32/h4-6,8-9,14-16,23H,10,12-13H2,1-3H3/t23-,27-,28+/m0/s1. The molecule has 164 valence electrons. The Balaban J connectivity index is 1.80. The molecular formula is C28H24N2O3. The van der Waals surface area contributed by atoms with Crippen LogP contribution in [0.2, 0.25) is 0 Å². The molecule has 0 amide bonds. The first-order valence-corrected chi connectivity index (χ1v) is 10.9. The van der Waals surface area contributed by atoms with Gasteiger partial charge in [0.25, 0.3) is 0 Å². The van der Waals surface area contributed by atoms with Crippen molar-refractivity contribution in [2.24, 2.45) is 22.2 Å². The third-order valence-electron chi connectivity index (χ3n) is 7.30. The number of Topliss-reactive ketones (excluding diaryl/α,β-unsaturated/α-hetero) is 1. The van der Waals surface area contributed by atoms with E-state index in [0.29, 0.717) is 18.6 Å². The number of benzene rings is 1. The molecule has 0 heterocycles. The normalized spacial score (nSPS) is 29.5. The van der Waals surface area contributed by atoms with E-state index in [-0.39, 0.29) is 35.2 Å². The predicted octanol–water partition coefficient (Wildman–Crippen LogP) is 4.49. The van der Waals surface area contributed by atoms with E-state index < -0.39 is 16.2 Å². The zero-order chi connectivity index (χ0) is 23.9. The third kappa shape index (κ3) is 3.49. The predicted molar refractivity (Wildman–Crippen MR) is 122 cm³/mol. The number of allylic oxidation sites excluding steroid dienone is 6. The smallest absolute Gasteiger partial charge is 0.196 e. The summed E-state index contributed by atoms with van der Waals surface area (Å²) in [6.45, 7) is 5.88. The van der Waals surface area contributed by atoms with Gasteiger partial charge in [0.15, 0.2) is 11.6 Å². The highest BCUT2D eigenvalue weighted by Crippen LogP contribution is 2.63. The van der Waals surface area contributed by atoms with Gasteiger partial charge >= 0.3 is 0 Å². The summed E-state index contributed by atoms with van der Waals surface area (Å²) in [5.41, 5.74) is -1.39. The van der Waals surface area contributed by atoms with Gasteiger partial charge in [-0.2, -0.15) is 10.5 Å². The monoisotopic (exact) mass is 436 g/mol. The van der Waals surface area contributed by atoms with Crippen molar-refractivity contribution >= 4 is 11.6 Å². The third-order valence-corrected chi connectivity index (χ3v) is 7.30. The topological polar surface area (TPSA) is 91.0 Å². The van der Waals surface area contributed by atoms with Crippen molar-refractivity contribution < 1.29 is 14.3 Å². The van der Waals surface area contributed by atoms with Crippen LogP contribution in [0.4, 0.5) is 0 Å². The van der Waals surface area contributed by atoms with E-state index >= 15 is 0 Å². The fraction of sp³-hybridized carbons (Fsp3) is 0.357. The summed E-state index contributed by atoms with van der Waals surface area (Å²) in [7, 11) is 0. The molecule has 1 fully saturated rings. The molecule has 1 aromatic carbocycles. The van der Waals surface area contributed by atoms with Crippen LogP contribution in [-0.4, -0.2) is 18.2 Å². The summed E-state index contributed by atoms with van der Waals surface area (Å²) in [5.74, 6) is 6.47. The van der Waals surface area contributed by atoms with Gasteiger partial charge in [0.2, 0.25) is 0 Å². The van der Waals surface area contributed by atoms with Gasteiger partial charge in [-0.15, -0.1) is 0 Å². The van der Waals surface area contributed by atoms with E-state index in [0.717, 1.165) is 5.57 Å². The maximum atomic E-state index is 12.9. The number of fused-ring (bicyclic) bond motifs is 3. The zero-order valence-electron chi connectivity index (χ0n) is 18.9. The Morgan fingerprint density at radius 1 is 1.03 bits per heavy atom. The van der Waals surface area contributed by atoms with Crippen LogP contribution in [0, 0.1) is 56.7 Å². The second-order valence-electron chi connectivity index (χ2n) is 9.56. The van der Waals surface area contributed by atoms with E-state index in [1.54, 1.807) is 12.2 Å². The molecule has 1 aromatic rings. The molecule has 0 aromatic heterocycles. The van der Waals surface area contributed by atoms with Crippen molar-refractivity contribution in [1.29, 1.82) is 10.5 Å². The Labute approximate surface area is 194 Å². The largest absolute Gasteiger partial charge is 0.481 e. The number of nitrogens with zero attached hydrogens (tertiary/aromatic N) is 2. The molecule has 0 spiro atoms. The molecule has 3 aliphatic carbocycles. The summed E-state index contributed by atoms with van der Waals surface area (Å²) in [5, 5.41) is 19.2. The Bertz CT molecular complexity index is 1270. The molecule has 0 bridgehead atoms. The minimum atomic E-state index is -0.836. The van der Waals surface area contributed by atoms with Crippen LogP contribution in [-0.2, 0) is 9.59 Å². The van der Waals surface area contributed by atoms with Crippen LogP contribution >= 0.6 is 0 Å². The number of para-hydroxylation sites is 1. The summed E-state index contributed by atoms with van der Waals surface area (Å²) < 4.78 is 5.72. The molecule has 33 heavy (non-hydrogen) atoms. The van der Waals surface area contributed by atoms with Gasteiger partial charge in [-0.3, -0.25) is 9.59 Å². The molecule has 5 heteroatoms. The van der Waals surface area contributed by atoms with Gasteiger partial charge in [0.05, 0.1) is 16.6 Å². The van der Waals surface area contributed by atoms with Crippen molar-refractivity contribution in [3.63, 3.8) is 0 Å². The minimum absolute atomic E-state index is 0.0645. The lowest BCUT2D eigenvalue weighted by Crippen LogP contribution is -2.53. The second-order valence-corrected chi connectivity index (χ2v) is 9.56. The number of carbonyl (C=O) groups is 2. The molecule has 0 aliphatic heterocycles. The fourth-order valence-electron chi connectivity index (χ4n) is 5.76. The van der Waals surface area contributed by atoms with Crippen LogP contribution < -0.4 is 4.74 Å². The maximum Gasteiger partial charge on any atom is 0.196 e. The van der Waals surface area contributed by atoms with Crippen molar-refractivity contribution in [1.82, 2.24) is 0 Å². The lowest BCUT2D eigenvalue weighted by molar-refractivity contribution is -0.130. The minimum Gasteiger partial charge on any atom is -0.481 e. The molecule has 5 nitrogen and oxygen atoms in total. The molecular weight excluding hydrogens is 412 g/mol. The van der Waals surface area contributed by atoms with Crippen LogP contribution in [0.1, 0.15) is 33.6 Å². The SMILES string of the molecule is CC1(C)C(=O)C(C#N)=C[C@]2(C)C3=CC(=O)C(C#N)=C[C@@]3(C#CCOc3ccccc3)CC[C@@H]12. The highest BCUT2D eigenvalue weighted by Gasteiger charge is 2.59. The van der Waals surface area contributed by atoms with Gasteiger partial charge < -0.3 is 4.74 Å². The molecule has 4 rings (SSSR count). The van der Waals surface area contributed by atoms with E-state index in [9.17, 15) is 20.1 Å². The van der Waals surface area contributed by atoms with Gasteiger partial charge in [-0.25, -0.2) is 0 Å². The summed E-state index contributed by atoms with van der Waals surface area (Å²) in [6, 6.07) is 13.4. The molecule has 0 saturated heterocycles. The Morgan fingerprint density at radius 2 is 1.73 bits per heavy atom. The first-order chi connectivity index (χ1) is 15.7. The average molecular weight is 437 g/mol. The number of hydrogen-bond acceptors (Lipinski definition) is 5. The number of nitriles is 2. The molecule has 1 saturated carbocycles. The number of ether oxygens (including phenoxy) is 1.